The fourth-order valence-electron chi connectivity index (χ4n) is 1.73. The number of anilines is 2. The van der Waals surface area contributed by atoms with E-state index < -0.39 is 0 Å². The Kier molecular flexibility index (Phi) is 6.85. The smallest absolute Gasteiger partial charge is 0.197 e. The molecule has 5 nitrogen and oxygen atoms in total. The van der Waals surface area contributed by atoms with Gasteiger partial charge in [-0.25, -0.2) is 0 Å². The van der Waals surface area contributed by atoms with E-state index in [1.807, 2.05) is 62.4 Å². The largest absolute Gasteiger partial charge is 0.377 e. The maximum atomic E-state index is 7.93. The monoisotopic (exact) mass is 315 g/mol. The minimum atomic E-state index is 0.000000000000000222. The fraction of sp³-hybridized carbons (Fsp3) is 0.125. The van der Waals surface area contributed by atoms with Gasteiger partial charge in [-0.05, 0) is 49.3 Å². The number of thiocarbonyl (C=S) groups is 1. The van der Waals surface area contributed by atoms with Crippen molar-refractivity contribution in [1.82, 2.24) is 0 Å². The second kappa shape index (κ2) is 8.63. The van der Waals surface area contributed by atoms with E-state index in [4.69, 9.17) is 5.41 Å². The van der Waals surface area contributed by atoms with Gasteiger partial charge in [-0.1, -0.05) is 36.4 Å². The lowest BCUT2D eigenvalue weighted by Crippen LogP contribution is -2.21. The van der Waals surface area contributed by atoms with Gasteiger partial charge in [0.2, 0.25) is 0 Å². The summed E-state index contributed by atoms with van der Waals surface area (Å²) in [7, 11) is 0. The molecule has 0 spiro atoms. The molecule has 6 heteroatoms. The Bertz CT molecular complexity index is 601. The number of para-hydroxylation sites is 2. The van der Waals surface area contributed by atoms with E-state index in [1.165, 1.54) is 0 Å². The van der Waals surface area contributed by atoms with Gasteiger partial charge in [0.15, 0.2) is 11.1 Å². The predicted molar refractivity (Wildman–Crippen MR) is 98.3 cm³/mol. The Morgan fingerprint density at radius 1 is 0.864 bits per heavy atom. The van der Waals surface area contributed by atoms with Crippen LogP contribution in [0.25, 0.3) is 0 Å². The van der Waals surface area contributed by atoms with Gasteiger partial charge in [0.1, 0.15) is 0 Å². The lowest BCUT2D eigenvalue weighted by molar-refractivity contribution is 1.38. The van der Waals surface area contributed by atoms with Crippen molar-refractivity contribution < 1.29 is 0 Å². The van der Waals surface area contributed by atoms with Crippen LogP contribution in [0.4, 0.5) is 11.4 Å². The maximum Gasteiger partial charge on any atom is 0.197 e. The first-order valence-corrected chi connectivity index (χ1v) is 7.09. The first-order valence-electron chi connectivity index (χ1n) is 6.69. The number of hydrogen-bond donors (Lipinski definition) is 5. The number of benzene rings is 2. The summed E-state index contributed by atoms with van der Waals surface area (Å²) in [6, 6.07) is 15.8. The minimum Gasteiger partial charge on any atom is -0.377 e. The van der Waals surface area contributed by atoms with Crippen molar-refractivity contribution in [2.75, 3.05) is 10.6 Å². The molecule has 0 radical (unpaired) electrons. The molecule has 0 atom stereocenters. The second-order valence-corrected chi connectivity index (χ2v) is 5.13. The van der Waals surface area contributed by atoms with Gasteiger partial charge >= 0.3 is 0 Å². The number of aryl methyl sites for hydroxylation is 2. The van der Waals surface area contributed by atoms with Gasteiger partial charge in [0, 0.05) is 11.4 Å². The van der Waals surface area contributed by atoms with Crippen LogP contribution in [0.3, 0.4) is 0 Å². The number of nitrogens with two attached hydrogens (primary N) is 2. The van der Waals surface area contributed by atoms with E-state index in [-0.39, 0.29) is 11.1 Å². The third-order valence-corrected chi connectivity index (χ3v) is 2.81. The molecule has 0 unspecified atom stereocenters. The van der Waals surface area contributed by atoms with Crippen molar-refractivity contribution in [3.05, 3.63) is 59.7 Å². The topological polar surface area (TPSA) is 100.0 Å². The van der Waals surface area contributed by atoms with Crippen LogP contribution in [0.15, 0.2) is 48.5 Å². The SMILES string of the molecule is Cc1ccccc1NC(=N)Nc1ccccc1C.NC(N)=S. The van der Waals surface area contributed by atoms with Crippen LogP contribution in [0, 0.1) is 19.3 Å². The Balaban J connectivity index is 0.000000541. The number of nitrogens with one attached hydrogen (secondary N) is 3. The molecule has 0 saturated carbocycles. The van der Waals surface area contributed by atoms with E-state index in [2.05, 4.69) is 34.3 Å². The van der Waals surface area contributed by atoms with Gasteiger partial charge in [-0.15, -0.1) is 0 Å². The van der Waals surface area contributed by atoms with Crippen molar-refractivity contribution >= 4 is 34.7 Å². The average Bonchev–Trinajstić information content (AvgIpc) is 2.43. The van der Waals surface area contributed by atoms with Crippen LogP contribution in [0.2, 0.25) is 0 Å². The molecule has 0 aromatic heterocycles. The maximum absolute atomic E-state index is 7.93. The third-order valence-electron chi connectivity index (χ3n) is 2.81. The molecule has 0 saturated heterocycles. The van der Waals surface area contributed by atoms with Crippen LogP contribution in [-0.2, 0) is 0 Å². The fourth-order valence-corrected chi connectivity index (χ4v) is 1.73. The standard InChI is InChI=1S/C15H17N3.CH4N2S/c1-11-7-3-5-9-13(11)17-15(16)18-14-10-6-4-8-12(14)2;2-1(3)4/h3-10H,1-2H3,(H3,16,17,18);(H4,2,3,4). The van der Waals surface area contributed by atoms with Crippen LogP contribution in [0.5, 0.6) is 0 Å². The summed E-state index contributed by atoms with van der Waals surface area (Å²) < 4.78 is 0. The van der Waals surface area contributed by atoms with E-state index in [0.717, 1.165) is 22.5 Å². The quantitative estimate of drug-likeness (QED) is 0.333. The summed E-state index contributed by atoms with van der Waals surface area (Å²) >= 11 is 4.09. The van der Waals surface area contributed by atoms with Crippen molar-refractivity contribution in [2.24, 2.45) is 11.5 Å². The number of rotatable bonds is 2. The first-order chi connectivity index (χ1) is 10.4. The van der Waals surface area contributed by atoms with Crippen molar-refractivity contribution in [1.29, 1.82) is 5.41 Å². The van der Waals surface area contributed by atoms with Gasteiger partial charge in [0.25, 0.3) is 0 Å². The highest BCUT2D eigenvalue weighted by atomic mass is 32.1. The molecule has 2 rings (SSSR count). The molecule has 0 fully saturated rings. The summed E-state index contributed by atoms with van der Waals surface area (Å²) in [6.45, 7) is 4.03. The molecule has 22 heavy (non-hydrogen) atoms. The summed E-state index contributed by atoms with van der Waals surface area (Å²) in [4.78, 5) is 0. The number of guanidine groups is 1. The van der Waals surface area contributed by atoms with Crippen LogP contribution in [-0.4, -0.2) is 11.1 Å². The summed E-state index contributed by atoms with van der Waals surface area (Å²) in [5.74, 6) is 0.276. The molecule has 116 valence electrons. The van der Waals surface area contributed by atoms with E-state index in [0.29, 0.717) is 0 Å². The number of hydrogen-bond acceptors (Lipinski definition) is 2. The van der Waals surface area contributed by atoms with Gasteiger partial charge in [0.05, 0.1) is 0 Å². The van der Waals surface area contributed by atoms with E-state index in [9.17, 15) is 0 Å². The minimum absolute atomic E-state index is 0.000000000000000222. The van der Waals surface area contributed by atoms with Gasteiger partial charge in [-0.3, -0.25) is 5.41 Å². The highest BCUT2D eigenvalue weighted by Gasteiger charge is 2.02. The van der Waals surface area contributed by atoms with Crippen LogP contribution in [0.1, 0.15) is 11.1 Å². The molecule has 2 aromatic rings. The Morgan fingerprint density at radius 2 is 1.18 bits per heavy atom. The zero-order valence-electron chi connectivity index (χ0n) is 12.7. The lowest BCUT2D eigenvalue weighted by Gasteiger charge is -2.13. The molecule has 0 aliphatic carbocycles. The Labute approximate surface area is 136 Å². The van der Waals surface area contributed by atoms with Gasteiger partial charge < -0.3 is 22.1 Å². The zero-order chi connectivity index (χ0) is 16.5. The molecule has 2 aromatic carbocycles. The Hall–Kier alpha value is -2.60. The van der Waals surface area contributed by atoms with E-state index in [1.54, 1.807) is 0 Å². The molecule has 0 aliphatic heterocycles. The summed E-state index contributed by atoms with van der Waals surface area (Å²) in [6.07, 6.45) is 0. The van der Waals surface area contributed by atoms with Gasteiger partial charge in [-0.2, -0.15) is 0 Å². The predicted octanol–water partition coefficient (Wildman–Crippen LogP) is 2.95. The van der Waals surface area contributed by atoms with E-state index >= 15 is 0 Å². The molecule has 0 amide bonds. The van der Waals surface area contributed by atoms with Crippen molar-refractivity contribution in [2.45, 2.75) is 13.8 Å². The van der Waals surface area contributed by atoms with Crippen molar-refractivity contribution in [3.63, 3.8) is 0 Å². The summed E-state index contributed by atoms with van der Waals surface area (Å²) in [5, 5.41) is 14.1. The molecule has 0 heterocycles. The highest BCUT2D eigenvalue weighted by Crippen LogP contribution is 2.15. The van der Waals surface area contributed by atoms with Crippen LogP contribution < -0.4 is 22.1 Å². The normalized spacial score (nSPS) is 9.18. The molecule has 0 aliphatic rings. The molecule has 0 bridgehead atoms. The molecule has 7 N–H and O–H groups in total. The molecular weight excluding hydrogens is 294 g/mol. The van der Waals surface area contributed by atoms with Crippen molar-refractivity contribution in [3.8, 4) is 0 Å². The lowest BCUT2D eigenvalue weighted by atomic mass is 10.2. The first kappa shape index (κ1) is 17.5. The second-order valence-electron chi connectivity index (χ2n) is 4.66. The Morgan fingerprint density at radius 3 is 1.50 bits per heavy atom. The zero-order valence-corrected chi connectivity index (χ0v) is 13.5. The molecular formula is C16H21N5S. The third kappa shape index (κ3) is 6.23. The average molecular weight is 315 g/mol. The highest BCUT2D eigenvalue weighted by molar-refractivity contribution is 7.80. The summed E-state index contributed by atoms with van der Waals surface area (Å²) in [5.41, 5.74) is 13.4. The van der Waals surface area contributed by atoms with Crippen LogP contribution >= 0.6 is 12.2 Å².